The molecule has 0 saturated carbocycles. The van der Waals surface area contributed by atoms with Crippen molar-refractivity contribution >= 4 is 11.8 Å². The highest BCUT2D eigenvalue weighted by atomic mass is 16.2. The molecule has 0 aromatic rings. The van der Waals surface area contributed by atoms with Crippen molar-refractivity contribution in [2.45, 2.75) is 18.9 Å². The fourth-order valence-electron chi connectivity index (χ4n) is 2.62. The second kappa shape index (κ2) is 3.68. The number of likely N-dealkylation sites (N-methyl/N-ethyl adjacent to an activating group) is 1. The highest BCUT2D eigenvalue weighted by molar-refractivity contribution is 5.89. The van der Waals surface area contributed by atoms with Crippen LogP contribution in [0.4, 0.5) is 0 Å². The van der Waals surface area contributed by atoms with E-state index >= 15 is 0 Å². The molecule has 0 aromatic carbocycles. The number of hydrogen-bond acceptors (Lipinski definition) is 2. The lowest BCUT2D eigenvalue weighted by Crippen LogP contribution is -2.48. The van der Waals surface area contributed by atoms with Crippen LogP contribution in [0.2, 0.25) is 0 Å². The van der Waals surface area contributed by atoms with Gasteiger partial charge in [0.25, 0.3) is 0 Å². The molecule has 2 heterocycles. The average Bonchev–Trinajstić information content (AvgIpc) is 2.54. The van der Waals surface area contributed by atoms with Gasteiger partial charge in [0.1, 0.15) is 0 Å². The Morgan fingerprint density at radius 1 is 1.60 bits per heavy atom. The van der Waals surface area contributed by atoms with Gasteiger partial charge < -0.3 is 9.80 Å². The lowest BCUT2D eigenvalue weighted by atomic mass is 9.91. The van der Waals surface area contributed by atoms with Gasteiger partial charge in [-0.2, -0.15) is 0 Å². The molecule has 15 heavy (non-hydrogen) atoms. The van der Waals surface area contributed by atoms with Crippen molar-refractivity contribution in [3.8, 4) is 0 Å². The fraction of sp³-hybridized carbons (Fsp3) is 0.636. The van der Waals surface area contributed by atoms with Crippen molar-refractivity contribution in [1.82, 2.24) is 9.80 Å². The Morgan fingerprint density at radius 3 is 3.00 bits per heavy atom. The molecule has 0 aliphatic carbocycles. The quantitative estimate of drug-likeness (QED) is 0.580. The SMILES string of the molecule is C=CC(=O)N1CCC[C@H]2C(=O)N(C)C[C@H]21. The molecule has 2 aliphatic rings. The van der Waals surface area contributed by atoms with Crippen LogP contribution in [-0.4, -0.2) is 47.8 Å². The molecule has 2 atom stereocenters. The molecule has 2 saturated heterocycles. The summed E-state index contributed by atoms with van der Waals surface area (Å²) in [5.41, 5.74) is 0. The van der Waals surface area contributed by atoms with E-state index in [-0.39, 0.29) is 23.8 Å². The summed E-state index contributed by atoms with van der Waals surface area (Å²) in [5.74, 6) is 0.155. The maximum atomic E-state index is 11.8. The molecule has 2 amide bonds. The first kappa shape index (κ1) is 10.2. The van der Waals surface area contributed by atoms with E-state index in [0.29, 0.717) is 6.54 Å². The predicted molar refractivity (Wildman–Crippen MR) is 56.1 cm³/mol. The van der Waals surface area contributed by atoms with Gasteiger partial charge >= 0.3 is 0 Å². The summed E-state index contributed by atoms with van der Waals surface area (Å²) in [5, 5.41) is 0. The Kier molecular flexibility index (Phi) is 2.50. The molecule has 2 rings (SSSR count). The molecular formula is C11H16N2O2. The second-order valence-corrected chi connectivity index (χ2v) is 4.27. The number of fused-ring (bicyclic) bond motifs is 1. The van der Waals surface area contributed by atoms with Crippen LogP contribution < -0.4 is 0 Å². The third-order valence-electron chi connectivity index (χ3n) is 3.39. The van der Waals surface area contributed by atoms with E-state index in [2.05, 4.69) is 6.58 Å². The molecule has 0 bridgehead atoms. The molecule has 4 heteroatoms. The Bertz CT molecular complexity index is 314. The van der Waals surface area contributed by atoms with Crippen LogP contribution in [0.15, 0.2) is 12.7 Å². The van der Waals surface area contributed by atoms with Crippen LogP contribution in [0, 0.1) is 5.92 Å². The first-order valence-corrected chi connectivity index (χ1v) is 5.33. The standard InChI is InChI=1S/C11H16N2O2/c1-3-10(14)13-6-4-5-8-9(13)7-12(2)11(8)15/h3,8-9H,1,4-7H2,2H3/t8-,9-/m1/s1. The monoisotopic (exact) mass is 208 g/mol. The normalized spacial score (nSPS) is 30.3. The summed E-state index contributed by atoms with van der Waals surface area (Å²) >= 11 is 0. The molecule has 82 valence electrons. The Balaban J connectivity index is 2.19. The molecular weight excluding hydrogens is 192 g/mol. The fourth-order valence-corrected chi connectivity index (χ4v) is 2.62. The molecule has 2 fully saturated rings. The molecule has 4 nitrogen and oxygen atoms in total. The van der Waals surface area contributed by atoms with Crippen LogP contribution in [-0.2, 0) is 9.59 Å². The minimum atomic E-state index is -0.0483. The van der Waals surface area contributed by atoms with Crippen LogP contribution in [0.5, 0.6) is 0 Å². The van der Waals surface area contributed by atoms with Crippen molar-refractivity contribution in [1.29, 1.82) is 0 Å². The summed E-state index contributed by atoms with van der Waals surface area (Å²) in [4.78, 5) is 26.9. The van der Waals surface area contributed by atoms with Crippen LogP contribution in [0.25, 0.3) is 0 Å². The number of carbonyl (C=O) groups is 2. The van der Waals surface area contributed by atoms with Gasteiger partial charge in [-0.25, -0.2) is 0 Å². The molecule has 0 N–H and O–H groups in total. The zero-order chi connectivity index (χ0) is 11.0. The van der Waals surface area contributed by atoms with Crippen molar-refractivity contribution in [2.75, 3.05) is 20.1 Å². The molecule has 0 spiro atoms. The largest absolute Gasteiger partial charge is 0.343 e. The van der Waals surface area contributed by atoms with Crippen LogP contribution in [0.3, 0.4) is 0 Å². The van der Waals surface area contributed by atoms with Gasteiger partial charge in [0.05, 0.1) is 12.0 Å². The van der Waals surface area contributed by atoms with E-state index in [0.717, 1.165) is 19.4 Å². The third-order valence-corrected chi connectivity index (χ3v) is 3.39. The first-order chi connectivity index (χ1) is 7.15. The minimum absolute atomic E-state index is 0.0210. The van der Waals surface area contributed by atoms with E-state index in [1.165, 1.54) is 6.08 Å². The maximum Gasteiger partial charge on any atom is 0.246 e. The summed E-state index contributed by atoms with van der Waals surface area (Å²) in [6.45, 7) is 4.93. The van der Waals surface area contributed by atoms with Crippen molar-refractivity contribution in [2.24, 2.45) is 5.92 Å². The highest BCUT2D eigenvalue weighted by Gasteiger charge is 2.44. The number of nitrogens with zero attached hydrogens (tertiary/aromatic N) is 2. The Labute approximate surface area is 89.5 Å². The van der Waals surface area contributed by atoms with Gasteiger partial charge in [0.2, 0.25) is 11.8 Å². The Hall–Kier alpha value is -1.32. The van der Waals surface area contributed by atoms with Crippen LogP contribution >= 0.6 is 0 Å². The van der Waals surface area contributed by atoms with E-state index in [4.69, 9.17) is 0 Å². The van der Waals surface area contributed by atoms with E-state index in [1.807, 2.05) is 0 Å². The highest BCUT2D eigenvalue weighted by Crippen LogP contribution is 2.30. The topological polar surface area (TPSA) is 40.6 Å². The zero-order valence-corrected chi connectivity index (χ0v) is 8.98. The number of piperidine rings is 1. The van der Waals surface area contributed by atoms with E-state index in [9.17, 15) is 9.59 Å². The number of carbonyl (C=O) groups excluding carboxylic acids is 2. The lowest BCUT2D eigenvalue weighted by Gasteiger charge is -2.35. The first-order valence-electron chi connectivity index (χ1n) is 5.33. The second-order valence-electron chi connectivity index (χ2n) is 4.27. The van der Waals surface area contributed by atoms with Crippen molar-refractivity contribution < 1.29 is 9.59 Å². The summed E-state index contributed by atoms with van der Waals surface area (Å²) < 4.78 is 0. The molecule has 0 unspecified atom stereocenters. The van der Waals surface area contributed by atoms with Gasteiger partial charge in [0, 0.05) is 20.1 Å². The molecule has 0 aromatic heterocycles. The van der Waals surface area contributed by atoms with Gasteiger partial charge in [0.15, 0.2) is 0 Å². The van der Waals surface area contributed by atoms with E-state index in [1.54, 1.807) is 16.8 Å². The summed E-state index contributed by atoms with van der Waals surface area (Å²) in [6, 6.07) is 0.0711. The van der Waals surface area contributed by atoms with Crippen molar-refractivity contribution in [3.05, 3.63) is 12.7 Å². The van der Waals surface area contributed by atoms with Crippen LogP contribution in [0.1, 0.15) is 12.8 Å². The number of likely N-dealkylation sites (tertiary alicyclic amines) is 2. The molecule has 2 aliphatic heterocycles. The zero-order valence-electron chi connectivity index (χ0n) is 8.98. The van der Waals surface area contributed by atoms with E-state index < -0.39 is 0 Å². The number of rotatable bonds is 1. The predicted octanol–water partition coefficient (Wildman–Crippen LogP) is 0.252. The van der Waals surface area contributed by atoms with Gasteiger partial charge in [-0.3, -0.25) is 9.59 Å². The van der Waals surface area contributed by atoms with Crippen molar-refractivity contribution in [3.63, 3.8) is 0 Å². The average molecular weight is 208 g/mol. The maximum absolute atomic E-state index is 11.8. The smallest absolute Gasteiger partial charge is 0.246 e. The van der Waals surface area contributed by atoms with Gasteiger partial charge in [-0.1, -0.05) is 6.58 Å². The summed E-state index contributed by atoms with van der Waals surface area (Å²) in [6.07, 6.45) is 3.17. The van der Waals surface area contributed by atoms with Gasteiger partial charge in [-0.15, -0.1) is 0 Å². The third kappa shape index (κ3) is 1.54. The molecule has 0 radical (unpaired) electrons. The Morgan fingerprint density at radius 2 is 2.33 bits per heavy atom. The lowest BCUT2D eigenvalue weighted by molar-refractivity contribution is -0.133. The minimum Gasteiger partial charge on any atom is -0.343 e. The summed E-state index contributed by atoms with van der Waals surface area (Å²) in [7, 11) is 1.80. The van der Waals surface area contributed by atoms with Gasteiger partial charge in [-0.05, 0) is 18.9 Å². The number of amides is 2. The number of hydrogen-bond donors (Lipinski definition) is 0.